The molecule has 0 bridgehead atoms. The Hall–Kier alpha value is -4.33. The summed E-state index contributed by atoms with van der Waals surface area (Å²) in [5.74, 6) is 1.04. The molecular formula is C27H28N6O2. The molecule has 4 rings (SSSR count). The van der Waals surface area contributed by atoms with Gasteiger partial charge in [0.2, 0.25) is 5.95 Å². The summed E-state index contributed by atoms with van der Waals surface area (Å²) in [7, 11) is 0. The number of rotatable bonds is 7. The van der Waals surface area contributed by atoms with E-state index in [2.05, 4.69) is 15.3 Å². The number of nitrogen functional groups attached to an aromatic ring is 1. The molecule has 0 amide bonds. The van der Waals surface area contributed by atoms with Gasteiger partial charge < -0.3 is 11.1 Å². The summed E-state index contributed by atoms with van der Waals surface area (Å²) in [6.07, 6.45) is 3.74. The molecule has 0 aliphatic rings. The van der Waals surface area contributed by atoms with Crippen LogP contribution in [0.25, 0.3) is 22.7 Å². The first-order valence-electron chi connectivity index (χ1n) is 11.5. The molecule has 8 nitrogen and oxygen atoms in total. The fourth-order valence-corrected chi connectivity index (χ4v) is 4.10. The molecule has 4 aromatic rings. The number of carbonyl (C=O) groups excluding carboxylic acids is 1. The summed E-state index contributed by atoms with van der Waals surface area (Å²) < 4.78 is 1.65. The normalized spacial score (nSPS) is 12.2. The second-order valence-electron chi connectivity index (χ2n) is 8.39. The van der Waals surface area contributed by atoms with Crippen molar-refractivity contribution in [1.29, 1.82) is 0 Å². The summed E-state index contributed by atoms with van der Waals surface area (Å²) in [4.78, 5) is 39.0. The number of benzene rings is 2. The average molecular weight is 469 g/mol. The van der Waals surface area contributed by atoms with E-state index in [9.17, 15) is 9.59 Å². The molecule has 35 heavy (non-hydrogen) atoms. The van der Waals surface area contributed by atoms with Crippen molar-refractivity contribution in [3.8, 4) is 5.69 Å². The van der Waals surface area contributed by atoms with Gasteiger partial charge in [-0.25, -0.2) is 9.97 Å². The van der Waals surface area contributed by atoms with Gasteiger partial charge in [-0.3, -0.25) is 14.2 Å². The Kier molecular flexibility index (Phi) is 6.73. The lowest BCUT2D eigenvalue weighted by Gasteiger charge is -2.23. The van der Waals surface area contributed by atoms with E-state index in [-0.39, 0.29) is 23.3 Å². The van der Waals surface area contributed by atoms with E-state index >= 15 is 0 Å². The van der Waals surface area contributed by atoms with Gasteiger partial charge in [-0.2, -0.15) is 4.98 Å². The van der Waals surface area contributed by atoms with Crippen LogP contribution in [0.5, 0.6) is 0 Å². The summed E-state index contributed by atoms with van der Waals surface area (Å²) in [5, 5.41) is 4.01. The Morgan fingerprint density at radius 3 is 2.51 bits per heavy atom. The third-order valence-corrected chi connectivity index (χ3v) is 5.82. The fourth-order valence-electron chi connectivity index (χ4n) is 4.10. The maximum absolute atomic E-state index is 13.8. The first-order chi connectivity index (χ1) is 16.8. The molecule has 2 aromatic heterocycles. The lowest BCUT2D eigenvalue weighted by Crippen LogP contribution is -2.29. The van der Waals surface area contributed by atoms with Gasteiger partial charge in [-0.15, -0.1) is 0 Å². The molecule has 0 radical (unpaired) electrons. The molecule has 0 fully saturated rings. The van der Waals surface area contributed by atoms with Crippen molar-refractivity contribution in [2.24, 2.45) is 0 Å². The van der Waals surface area contributed by atoms with Crippen molar-refractivity contribution in [2.75, 3.05) is 11.1 Å². The minimum absolute atomic E-state index is 0.0938. The number of para-hydroxylation sites is 1. The Balaban J connectivity index is 1.94. The van der Waals surface area contributed by atoms with Crippen LogP contribution in [0.1, 0.15) is 49.0 Å². The number of ketones is 1. The molecule has 2 aromatic carbocycles. The summed E-state index contributed by atoms with van der Waals surface area (Å²) >= 11 is 0. The van der Waals surface area contributed by atoms with Gasteiger partial charge in [0, 0.05) is 5.56 Å². The van der Waals surface area contributed by atoms with Gasteiger partial charge >= 0.3 is 0 Å². The molecule has 3 N–H and O–H groups in total. The number of anilines is 2. The van der Waals surface area contributed by atoms with E-state index in [0.29, 0.717) is 40.2 Å². The van der Waals surface area contributed by atoms with Crippen molar-refractivity contribution < 1.29 is 4.79 Å². The van der Waals surface area contributed by atoms with E-state index in [0.717, 1.165) is 11.3 Å². The first-order valence-corrected chi connectivity index (χ1v) is 11.5. The zero-order valence-corrected chi connectivity index (χ0v) is 20.2. The van der Waals surface area contributed by atoms with Crippen molar-refractivity contribution in [2.45, 2.75) is 40.2 Å². The highest BCUT2D eigenvalue weighted by molar-refractivity contribution is 5.92. The van der Waals surface area contributed by atoms with Crippen LogP contribution in [-0.4, -0.2) is 25.3 Å². The number of aromatic nitrogens is 4. The van der Waals surface area contributed by atoms with Crippen LogP contribution in [-0.2, 0) is 4.79 Å². The lowest BCUT2D eigenvalue weighted by molar-refractivity contribution is -0.112. The van der Waals surface area contributed by atoms with Crippen LogP contribution in [0.4, 0.5) is 11.8 Å². The van der Waals surface area contributed by atoms with Crippen molar-refractivity contribution in [3.63, 3.8) is 0 Å². The molecular weight excluding hydrogens is 440 g/mol. The van der Waals surface area contributed by atoms with Crippen LogP contribution in [0.3, 0.4) is 0 Å². The molecule has 0 aliphatic carbocycles. The molecule has 0 aliphatic heterocycles. The van der Waals surface area contributed by atoms with Gasteiger partial charge in [0.1, 0.15) is 11.6 Å². The standard InChI is InChI=1S/C27H28N6O2/c1-5-21(30-24-20(15-14-17(3)34)18(4)29-27(28)32-24)25-31-22-13-9-10-16(2)23(22)26(35)33(25)19-11-7-6-8-12-19/h6-15,21H,5H2,1-4H3,(H3,28,29,30,32)/b15-14+. The number of allylic oxidation sites excluding steroid dienone is 1. The summed E-state index contributed by atoms with van der Waals surface area (Å²) in [6, 6.07) is 14.7. The van der Waals surface area contributed by atoms with Gasteiger partial charge in [0.05, 0.1) is 28.3 Å². The minimum atomic E-state index is -0.383. The summed E-state index contributed by atoms with van der Waals surface area (Å²) in [5.41, 5.74) is 9.33. The highest BCUT2D eigenvalue weighted by atomic mass is 16.1. The fraction of sp³-hybridized carbons (Fsp3) is 0.222. The van der Waals surface area contributed by atoms with E-state index in [1.165, 1.54) is 13.0 Å². The Bertz CT molecular complexity index is 1490. The van der Waals surface area contributed by atoms with Crippen molar-refractivity contribution in [1.82, 2.24) is 19.5 Å². The van der Waals surface area contributed by atoms with Crippen LogP contribution < -0.4 is 16.6 Å². The highest BCUT2D eigenvalue weighted by Gasteiger charge is 2.22. The van der Waals surface area contributed by atoms with Gasteiger partial charge in [-0.1, -0.05) is 37.3 Å². The monoisotopic (exact) mass is 468 g/mol. The molecule has 0 saturated heterocycles. The smallest absolute Gasteiger partial charge is 0.266 e. The number of carbonyl (C=O) groups is 1. The number of nitrogens with one attached hydrogen (secondary N) is 1. The topological polar surface area (TPSA) is 116 Å². The van der Waals surface area contributed by atoms with Crippen LogP contribution in [0.2, 0.25) is 0 Å². The van der Waals surface area contributed by atoms with E-state index in [4.69, 9.17) is 10.7 Å². The van der Waals surface area contributed by atoms with E-state index in [1.54, 1.807) is 17.6 Å². The predicted octanol–water partition coefficient (Wildman–Crippen LogP) is 4.54. The molecule has 1 unspecified atom stereocenters. The molecule has 0 spiro atoms. The van der Waals surface area contributed by atoms with E-state index < -0.39 is 0 Å². The Morgan fingerprint density at radius 1 is 1.09 bits per heavy atom. The molecule has 1 atom stereocenters. The maximum Gasteiger partial charge on any atom is 0.266 e. The predicted molar refractivity (Wildman–Crippen MR) is 140 cm³/mol. The number of nitrogens with two attached hydrogens (primary N) is 1. The SMILES string of the molecule is CCC(Nc1nc(N)nc(C)c1/C=C/C(C)=O)c1nc2cccc(C)c2c(=O)n1-c1ccccc1. The Morgan fingerprint density at radius 2 is 1.83 bits per heavy atom. The summed E-state index contributed by atoms with van der Waals surface area (Å²) in [6.45, 7) is 7.20. The number of fused-ring (bicyclic) bond motifs is 1. The van der Waals surface area contributed by atoms with Gasteiger partial charge in [0.25, 0.3) is 5.56 Å². The van der Waals surface area contributed by atoms with Gasteiger partial charge in [-0.05, 0) is 63.1 Å². The number of nitrogens with zero attached hydrogens (tertiary/aromatic N) is 4. The number of hydrogen-bond acceptors (Lipinski definition) is 7. The molecule has 2 heterocycles. The Labute approximate surface area is 203 Å². The number of aryl methyl sites for hydroxylation is 2. The minimum Gasteiger partial charge on any atom is -0.368 e. The lowest BCUT2D eigenvalue weighted by atomic mass is 10.1. The second-order valence-corrected chi connectivity index (χ2v) is 8.39. The third-order valence-electron chi connectivity index (χ3n) is 5.82. The first kappa shape index (κ1) is 23.8. The van der Waals surface area contributed by atoms with Crippen molar-refractivity contribution >= 4 is 34.5 Å². The van der Waals surface area contributed by atoms with Crippen LogP contribution >= 0.6 is 0 Å². The van der Waals surface area contributed by atoms with E-state index in [1.807, 2.05) is 62.4 Å². The molecule has 0 saturated carbocycles. The maximum atomic E-state index is 13.8. The zero-order chi connectivity index (χ0) is 25.1. The highest BCUT2D eigenvalue weighted by Crippen LogP contribution is 2.28. The second kappa shape index (κ2) is 9.89. The third kappa shape index (κ3) is 4.82. The quantitative estimate of drug-likeness (QED) is 0.383. The van der Waals surface area contributed by atoms with Crippen molar-refractivity contribution in [3.05, 3.63) is 87.6 Å². The van der Waals surface area contributed by atoms with Crippen LogP contribution in [0, 0.1) is 13.8 Å². The van der Waals surface area contributed by atoms with Crippen LogP contribution in [0.15, 0.2) is 59.4 Å². The average Bonchev–Trinajstić information content (AvgIpc) is 2.82. The molecule has 178 valence electrons. The van der Waals surface area contributed by atoms with Gasteiger partial charge in [0.15, 0.2) is 5.78 Å². The zero-order valence-electron chi connectivity index (χ0n) is 20.2. The largest absolute Gasteiger partial charge is 0.368 e. The number of hydrogen-bond donors (Lipinski definition) is 2. The molecule has 8 heteroatoms.